The molecule has 0 aliphatic carbocycles. The Morgan fingerprint density at radius 1 is 1.25 bits per heavy atom. The van der Waals surface area contributed by atoms with Crippen LogP contribution < -0.4 is 10.4 Å². The summed E-state index contributed by atoms with van der Waals surface area (Å²) in [5, 5.41) is 11.8. The van der Waals surface area contributed by atoms with E-state index in [-0.39, 0.29) is 17.9 Å². The molecule has 0 radical (unpaired) electrons. The van der Waals surface area contributed by atoms with Crippen molar-refractivity contribution in [3.8, 4) is 5.75 Å². The van der Waals surface area contributed by atoms with Crippen molar-refractivity contribution in [2.45, 2.75) is 58.8 Å². The average Bonchev–Trinajstić information content (AvgIpc) is 3.10. The SMILES string of the molecule is CC=C(C)C(=O)OCC(C)(O)C1Oc2ccc3ccc(=O)oc3c2C1OC(=O)CC(C)C. The van der Waals surface area contributed by atoms with Gasteiger partial charge in [0.15, 0.2) is 12.2 Å². The van der Waals surface area contributed by atoms with Crippen LogP contribution in [0.3, 0.4) is 0 Å². The van der Waals surface area contributed by atoms with Crippen molar-refractivity contribution in [1.82, 2.24) is 0 Å². The van der Waals surface area contributed by atoms with Crippen LogP contribution in [0.2, 0.25) is 0 Å². The third-order valence-corrected chi connectivity index (χ3v) is 5.30. The standard InChI is InChI=1S/C24H28O8/c1-6-14(4)23(27)29-12-24(5,28)22-21(32-18(26)11-13(2)3)19-16(30-22)9-7-15-8-10-17(25)31-20(15)19/h6-10,13,21-22,28H,11-12H2,1-5H3. The Hall–Kier alpha value is -3.13. The Labute approximate surface area is 185 Å². The van der Waals surface area contributed by atoms with Gasteiger partial charge in [-0.15, -0.1) is 0 Å². The smallest absolute Gasteiger partial charge is 0.336 e. The normalized spacial score (nSPS) is 19.9. The number of carbonyl (C=O) groups is 2. The molecular weight excluding hydrogens is 416 g/mol. The number of fused-ring (bicyclic) bond motifs is 3. The Kier molecular flexibility index (Phi) is 6.74. The third kappa shape index (κ3) is 4.85. The summed E-state index contributed by atoms with van der Waals surface area (Å²) >= 11 is 0. The van der Waals surface area contributed by atoms with Crippen LogP contribution in [0.4, 0.5) is 0 Å². The van der Waals surface area contributed by atoms with Gasteiger partial charge in [-0.1, -0.05) is 19.9 Å². The van der Waals surface area contributed by atoms with Crippen LogP contribution in [-0.4, -0.2) is 35.4 Å². The van der Waals surface area contributed by atoms with Gasteiger partial charge in [-0.25, -0.2) is 9.59 Å². The van der Waals surface area contributed by atoms with E-state index in [0.29, 0.717) is 22.3 Å². The molecule has 1 aliphatic heterocycles. The van der Waals surface area contributed by atoms with E-state index in [1.165, 1.54) is 13.0 Å². The van der Waals surface area contributed by atoms with Crippen molar-refractivity contribution in [2.75, 3.05) is 6.61 Å². The highest BCUT2D eigenvalue weighted by Gasteiger charge is 2.50. The van der Waals surface area contributed by atoms with E-state index in [2.05, 4.69) is 0 Å². The van der Waals surface area contributed by atoms with Gasteiger partial charge in [0.2, 0.25) is 0 Å². The van der Waals surface area contributed by atoms with Crippen LogP contribution in [0.5, 0.6) is 5.75 Å². The first kappa shape index (κ1) is 23.5. The maximum Gasteiger partial charge on any atom is 0.336 e. The van der Waals surface area contributed by atoms with Crippen LogP contribution in [0, 0.1) is 5.92 Å². The number of aliphatic hydroxyl groups is 1. The molecule has 8 nitrogen and oxygen atoms in total. The molecule has 1 aromatic heterocycles. The molecule has 0 saturated carbocycles. The van der Waals surface area contributed by atoms with Gasteiger partial charge in [-0.05, 0) is 44.9 Å². The quantitative estimate of drug-likeness (QED) is 0.393. The lowest BCUT2D eigenvalue weighted by atomic mass is 9.92. The number of allylic oxidation sites excluding steroid dienone is 1. The molecule has 0 spiro atoms. The first-order valence-corrected chi connectivity index (χ1v) is 10.5. The van der Waals surface area contributed by atoms with Crippen molar-refractivity contribution >= 4 is 22.9 Å². The summed E-state index contributed by atoms with van der Waals surface area (Å²) in [5.74, 6) is -0.693. The fourth-order valence-electron chi connectivity index (χ4n) is 3.48. The highest BCUT2D eigenvalue weighted by atomic mass is 16.6. The molecule has 2 aromatic rings. The Morgan fingerprint density at radius 2 is 1.94 bits per heavy atom. The molecule has 3 atom stereocenters. The Bertz CT molecular complexity index is 1110. The lowest BCUT2D eigenvalue weighted by Crippen LogP contribution is -2.49. The fourth-order valence-corrected chi connectivity index (χ4v) is 3.48. The van der Waals surface area contributed by atoms with Gasteiger partial charge in [0.1, 0.15) is 23.5 Å². The maximum atomic E-state index is 12.5. The molecule has 2 heterocycles. The van der Waals surface area contributed by atoms with Gasteiger partial charge >= 0.3 is 17.6 Å². The van der Waals surface area contributed by atoms with Gasteiger partial charge in [0.05, 0.1) is 5.56 Å². The summed E-state index contributed by atoms with van der Waals surface area (Å²) in [6.07, 6.45) is -0.403. The number of benzene rings is 1. The van der Waals surface area contributed by atoms with E-state index in [1.54, 1.807) is 38.1 Å². The zero-order valence-electron chi connectivity index (χ0n) is 18.8. The van der Waals surface area contributed by atoms with Crippen LogP contribution in [0.25, 0.3) is 11.0 Å². The second kappa shape index (κ2) is 9.16. The van der Waals surface area contributed by atoms with Gasteiger partial charge < -0.3 is 23.7 Å². The monoisotopic (exact) mass is 444 g/mol. The first-order valence-electron chi connectivity index (χ1n) is 10.5. The summed E-state index contributed by atoms with van der Waals surface area (Å²) in [6.45, 7) is 8.11. The van der Waals surface area contributed by atoms with E-state index >= 15 is 0 Å². The molecule has 0 fully saturated rings. The zero-order valence-corrected chi connectivity index (χ0v) is 18.8. The number of carbonyl (C=O) groups excluding carboxylic acids is 2. The average molecular weight is 444 g/mol. The number of esters is 2. The minimum Gasteiger partial charge on any atom is -0.482 e. The van der Waals surface area contributed by atoms with Crippen LogP contribution in [0.1, 0.15) is 52.7 Å². The van der Waals surface area contributed by atoms with Gasteiger partial charge in [0, 0.05) is 23.4 Å². The highest BCUT2D eigenvalue weighted by molar-refractivity contribution is 5.87. The molecule has 8 heteroatoms. The number of hydrogen-bond acceptors (Lipinski definition) is 8. The number of ether oxygens (including phenoxy) is 3. The predicted octanol–water partition coefficient (Wildman–Crippen LogP) is 3.44. The van der Waals surface area contributed by atoms with Crippen molar-refractivity contribution in [3.05, 3.63) is 51.9 Å². The topological polar surface area (TPSA) is 112 Å². The number of rotatable bonds is 7. The van der Waals surface area contributed by atoms with Crippen LogP contribution >= 0.6 is 0 Å². The van der Waals surface area contributed by atoms with Crippen molar-refractivity contribution < 1.29 is 33.3 Å². The Morgan fingerprint density at radius 3 is 2.59 bits per heavy atom. The van der Waals surface area contributed by atoms with E-state index in [9.17, 15) is 19.5 Å². The molecular formula is C24H28O8. The van der Waals surface area contributed by atoms with Crippen LogP contribution in [0.15, 0.2) is 45.1 Å². The molecule has 1 N–H and O–H groups in total. The van der Waals surface area contributed by atoms with Gasteiger partial charge in [0.25, 0.3) is 0 Å². The Balaban J connectivity index is 2.00. The lowest BCUT2D eigenvalue weighted by Gasteiger charge is -2.32. The van der Waals surface area contributed by atoms with E-state index in [4.69, 9.17) is 18.6 Å². The minimum absolute atomic E-state index is 0.0541. The van der Waals surface area contributed by atoms with Crippen molar-refractivity contribution in [2.24, 2.45) is 5.92 Å². The van der Waals surface area contributed by atoms with E-state index in [1.807, 2.05) is 13.8 Å². The maximum absolute atomic E-state index is 12.5. The summed E-state index contributed by atoms with van der Waals surface area (Å²) < 4.78 is 22.3. The molecule has 0 bridgehead atoms. The second-order valence-electron chi connectivity index (χ2n) is 8.60. The molecule has 1 aliphatic rings. The highest BCUT2D eigenvalue weighted by Crippen LogP contribution is 2.46. The van der Waals surface area contributed by atoms with Gasteiger partial charge in [-0.3, -0.25) is 4.79 Å². The molecule has 1 aromatic carbocycles. The molecule has 32 heavy (non-hydrogen) atoms. The lowest BCUT2D eigenvalue weighted by molar-refractivity contribution is -0.172. The second-order valence-corrected chi connectivity index (χ2v) is 8.60. The summed E-state index contributed by atoms with van der Waals surface area (Å²) in [7, 11) is 0. The summed E-state index contributed by atoms with van der Waals surface area (Å²) in [6, 6.07) is 6.26. The summed E-state index contributed by atoms with van der Waals surface area (Å²) in [4.78, 5) is 36.5. The van der Waals surface area contributed by atoms with Crippen molar-refractivity contribution in [3.63, 3.8) is 0 Å². The number of hydrogen-bond donors (Lipinski definition) is 1. The van der Waals surface area contributed by atoms with Crippen molar-refractivity contribution in [1.29, 1.82) is 0 Å². The first-order chi connectivity index (χ1) is 15.0. The molecule has 0 saturated heterocycles. The molecule has 172 valence electrons. The zero-order chi connectivity index (χ0) is 23.6. The van der Waals surface area contributed by atoms with Gasteiger partial charge in [-0.2, -0.15) is 0 Å². The van der Waals surface area contributed by atoms with Crippen LogP contribution in [-0.2, 0) is 19.1 Å². The third-order valence-electron chi connectivity index (χ3n) is 5.30. The largest absolute Gasteiger partial charge is 0.482 e. The molecule has 3 rings (SSSR count). The molecule has 3 unspecified atom stereocenters. The summed E-state index contributed by atoms with van der Waals surface area (Å²) in [5.41, 5.74) is -1.31. The predicted molar refractivity (Wildman–Crippen MR) is 116 cm³/mol. The minimum atomic E-state index is -1.72. The fraction of sp³-hybridized carbons (Fsp3) is 0.458. The van der Waals surface area contributed by atoms with E-state index in [0.717, 1.165) is 0 Å². The molecule has 0 amide bonds. The van der Waals surface area contributed by atoms with E-state index < -0.39 is 42.0 Å².